The lowest BCUT2D eigenvalue weighted by molar-refractivity contribution is -0.139. The molecule has 7 nitrogen and oxygen atoms in total. The fraction of sp³-hybridized carbons (Fsp3) is 0.619. The molecule has 2 aliphatic heterocycles. The van der Waals surface area contributed by atoms with Crippen LogP contribution in [0.25, 0.3) is 0 Å². The third-order valence-corrected chi connectivity index (χ3v) is 5.93. The first-order valence-corrected chi connectivity index (χ1v) is 10.6. The van der Waals surface area contributed by atoms with Crippen molar-refractivity contribution in [3.63, 3.8) is 0 Å². The highest BCUT2D eigenvalue weighted by atomic mass is 35.5. The van der Waals surface area contributed by atoms with Gasteiger partial charge in [-0.1, -0.05) is 29.8 Å². The van der Waals surface area contributed by atoms with Gasteiger partial charge in [0.15, 0.2) is 0 Å². The highest BCUT2D eigenvalue weighted by Gasteiger charge is 2.34. The van der Waals surface area contributed by atoms with Gasteiger partial charge in [0.05, 0.1) is 25.2 Å². The molecule has 2 heterocycles. The van der Waals surface area contributed by atoms with Crippen molar-refractivity contribution in [1.82, 2.24) is 10.6 Å². The number of halogens is 1. The number of hydrogen-bond donors (Lipinski definition) is 3. The number of amides is 2. The lowest BCUT2D eigenvalue weighted by Crippen LogP contribution is -2.53. The van der Waals surface area contributed by atoms with Crippen molar-refractivity contribution < 1.29 is 24.2 Å². The molecule has 3 rings (SSSR count). The number of hydrogen-bond acceptors (Lipinski definition) is 5. The number of rotatable bonds is 7. The molecule has 3 N–H and O–H groups in total. The lowest BCUT2D eigenvalue weighted by Gasteiger charge is -2.37. The van der Waals surface area contributed by atoms with Gasteiger partial charge in [0.2, 0.25) is 11.8 Å². The van der Waals surface area contributed by atoms with E-state index in [0.717, 1.165) is 18.4 Å². The van der Waals surface area contributed by atoms with Gasteiger partial charge in [-0.2, -0.15) is 0 Å². The van der Waals surface area contributed by atoms with E-state index in [0.29, 0.717) is 37.6 Å². The van der Waals surface area contributed by atoms with Crippen molar-refractivity contribution >= 4 is 23.4 Å². The molecule has 2 amide bonds. The van der Waals surface area contributed by atoms with E-state index in [9.17, 15) is 14.7 Å². The molecule has 1 aromatic rings. The average Bonchev–Trinajstić information content (AvgIpc) is 2.74. The van der Waals surface area contributed by atoms with Crippen LogP contribution in [0, 0.1) is 5.92 Å². The molecule has 0 saturated carbocycles. The van der Waals surface area contributed by atoms with Gasteiger partial charge in [0, 0.05) is 30.7 Å². The van der Waals surface area contributed by atoms with Crippen LogP contribution in [-0.4, -0.2) is 55.0 Å². The Labute approximate surface area is 176 Å². The van der Waals surface area contributed by atoms with Crippen LogP contribution in [0.4, 0.5) is 0 Å². The Balaban J connectivity index is 1.44. The van der Waals surface area contributed by atoms with E-state index in [1.54, 1.807) is 6.07 Å². The molecule has 29 heavy (non-hydrogen) atoms. The van der Waals surface area contributed by atoms with Gasteiger partial charge in [-0.25, -0.2) is 0 Å². The van der Waals surface area contributed by atoms with Crippen molar-refractivity contribution in [2.75, 3.05) is 19.8 Å². The number of aliphatic hydroxyl groups is 1. The van der Waals surface area contributed by atoms with Crippen LogP contribution in [0.15, 0.2) is 24.3 Å². The lowest BCUT2D eigenvalue weighted by atomic mass is 9.94. The van der Waals surface area contributed by atoms with Crippen LogP contribution in [0.5, 0.6) is 0 Å². The van der Waals surface area contributed by atoms with Gasteiger partial charge in [-0.3, -0.25) is 9.59 Å². The zero-order valence-electron chi connectivity index (χ0n) is 16.4. The summed E-state index contributed by atoms with van der Waals surface area (Å²) in [5, 5.41) is 16.2. The van der Waals surface area contributed by atoms with Crippen LogP contribution >= 0.6 is 11.6 Å². The van der Waals surface area contributed by atoms with Crippen molar-refractivity contribution in [2.24, 2.45) is 5.92 Å². The maximum Gasteiger partial charge on any atom is 0.223 e. The van der Waals surface area contributed by atoms with Gasteiger partial charge < -0.3 is 25.2 Å². The number of benzene rings is 1. The number of carbonyl (C=O) groups is 2. The first-order valence-electron chi connectivity index (χ1n) is 10.2. The van der Waals surface area contributed by atoms with Gasteiger partial charge in [0.1, 0.15) is 6.10 Å². The number of aliphatic hydroxyl groups excluding tert-OH is 1. The molecule has 0 aliphatic carbocycles. The molecule has 0 radical (unpaired) electrons. The standard InChI is InChI=1S/C21H29ClN2O5/c22-17-4-2-1-3-15(17)12-23-20(26)11-16-5-6-18(19(13-25)29-16)24-21(27)14-7-9-28-10-8-14/h1-4,14,16,18-19,25H,5-13H2,(H,23,26)(H,24,27)/t16-,18+,19-/m0/s1. The summed E-state index contributed by atoms with van der Waals surface area (Å²) in [5.41, 5.74) is 0.858. The normalized spacial score (nSPS) is 25.4. The maximum absolute atomic E-state index is 12.5. The summed E-state index contributed by atoms with van der Waals surface area (Å²) < 4.78 is 11.2. The molecule has 2 fully saturated rings. The Morgan fingerprint density at radius 2 is 1.90 bits per heavy atom. The van der Waals surface area contributed by atoms with Gasteiger partial charge in [0.25, 0.3) is 0 Å². The predicted molar refractivity (Wildman–Crippen MR) is 108 cm³/mol. The smallest absolute Gasteiger partial charge is 0.223 e. The first kappa shape index (κ1) is 22.0. The van der Waals surface area contributed by atoms with Gasteiger partial charge >= 0.3 is 0 Å². The van der Waals surface area contributed by atoms with Crippen LogP contribution in [0.2, 0.25) is 5.02 Å². The molecule has 0 aromatic heterocycles. The Morgan fingerprint density at radius 1 is 1.14 bits per heavy atom. The quantitative estimate of drug-likeness (QED) is 0.620. The molecule has 3 atom stereocenters. The maximum atomic E-state index is 12.5. The zero-order valence-corrected chi connectivity index (χ0v) is 17.2. The Hall–Kier alpha value is -1.67. The molecule has 0 unspecified atom stereocenters. The number of nitrogens with one attached hydrogen (secondary N) is 2. The van der Waals surface area contributed by atoms with Crippen LogP contribution in [0.1, 0.15) is 37.7 Å². The SMILES string of the molecule is O=C(C[C@@H]1CC[C@@H](NC(=O)C2CCOCC2)[C@H](CO)O1)NCc1ccccc1Cl. The third-order valence-electron chi connectivity index (χ3n) is 5.56. The molecule has 1 aromatic carbocycles. The van der Waals surface area contributed by atoms with Crippen molar-refractivity contribution in [3.8, 4) is 0 Å². The summed E-state index contributed by atoms with van der Waals surface area (Å²) in [4.78, 5) is 24.7. The largest absolute Gasteiger partial charge is 0.394 e. The topological polar surface area (TPSA) is 96.9 Å². The van der Waals surface area contributed by atoms with E-state index in [1.165, 1.54) is 0 Å². The van der Waals surface area contributed by atoms with Gasteiger partial charge in [-0.15, -0.1) is 0 Å². The predicted octanol–water partition coefficient (Wildman–Crippen LogP) is 1.80. The van der Waals surface area contributed by atoms with Crippen LogP contribution in [-0.2, 0) is 25.6 Å². The minimum atomic E-state index is -0.506. The summed E-state index contributed by atoms with van der Waals surface area (Å²) in [6, 6.07) is 7.13. The molecule has 0 spiro atoms. The molecule has 8 heteroatoms. The second kappa shape index (κ2) is 10.9. The summed E-state index contributed by atoms with van der Waals surface area (Å²) in [5.74, 6) is -0.177. The third kappa shape index (κ3) is 6.40. The highest BCUT2D eigenvalue weighted by molar-refractivity contribution is 6.31. The van der Waals surface area contributed by atoms with Crippen molar-refractivity contribution in [1.29, 1.82) is 0 Å². The van der Waals surface area contributed by atoms with Crippen LogP contribution in [0.3, 0.4) is 0 Å². The van der Waals surface area contributed by atoms with Gasteiger partial charge in [-0.05, 0) is 37.3 Å². The molecular formula is C21H29ClN2O5. The molecular weight excluding hydrogens is 396 g/mol. The summed E-state index contributed by atoms with van der Waals surface area (Å²) in [6.45, 7) is 1.37. The van der Waals surface area contributed by atoms with E-state index >= 15 is 0 Å². The van der Waals surface area contributed by atoms with Crippen molar-refractivity contribution in [2.45, 2.75) is 56.9 Å². The van der Waals surface area contributed by atoms with E-state index in [-0.39, 0.29) is 42.9 Å². The summed E-state index contributed by atoms with van der Waals surface area (Å²) in [6.07, 6.45) is 2.18. The number of carbonyl (C=O) groups excluding carboxylic acids is 2. The monoisotopic (exact) mass is 424 g/mol. The fourth-order valence-corrected chi connectivity index (χ4v) is 4.02. The zero-order chi connectivity index (χ0) is 20.6. The van der Waals surface area contributed by atoms with Crippen LogP contribution < -0.4 is 10.6 Å². The molecule has 2 aliphatic rings. The number of ether oxygens (including phenoxy) is 2. The Morgan fingerprint density at radius 3 is 2.62 bits per heavy atom. The summed E-state index contributed by atoms with van der Waals surface area (Å²) in [7, 11) is 0. The Kier molecular flexibility index (Phi) is 8.29. The average molecular weight is 425 g/mol. The van der Waals surface area contributed by atoms with E-state index < -0.39 is 6.10 Å². The molecule has 2 saturated heterocycles. The Bertz CT molecular complexity index is 695. The van der Waals surface area contributed by atoms with E-state index in [2.05, 4.69) is 10.6 Å². The fourth-order valence-electron chi connectivity index (χ4n) is 3.82. The minimum absolute atomic E-state index is 0.00344. The van der Waals surface area contributed by atoms with Crippen molar-refractivity contribution in [3.05, 3.63) is 34.9 Å². The van der Waals surface area contributed by atoms with E-state index in [4.69, 9.17) is 21.1 Å². The second-order valence-corrected chi connectivity index (χ2v) is 8.04. The highest BCUT2D eigenvalue weighted by Crippen LogP contribution is 2.23. The minimum Gasteiger partial charge on any atom is -0.394 e. The second-order valence-electron chi connectivity index (χ2n) is 7.63. The van der Waals surface area contributed by atoms with E-state index in [1.807, 2.05) is 18.2 Å². The first-order chi connectivity index (χ1) is 14.1. The summed E-state index contributed by atoms with van der Waals surface area (Å²) >= 11 is 6.11. The molecule has 0 bridgehead atoms. The molecule has 160 valence electrons.